The van der Waals surface area contributed by atoms with E-state index in [9.17, 15) is 14.8 Å². The van der Waals surface area contributed by atoms with Crippen LogP contribution in [-0.2, 0) is 17.6 Å². The fourth-order valence-corrected chi connectivity index (χ4v) is 3.89. The van der Waals surface area contributed by atoms with E-state index in [0.29, 0.717) is 24.1 Å². The molecule has 0 saturated carbocycles. The fraction of sp³-hybridized carbons (Fsp3) is 0.333. The van der Waals surface area contributed by atoms with Crippen LogP contribution in [0.4, 0.5) is 17.1 Å². The average Bonchev–Trinajstić information content (AvgIpc) is 3.22. The van der Waals surface area contributed by atoms with E-state index in [4.69, 9.17) is 0 Å². The zero-order valence-electron chi connectivity index (χ0n) is 15.1. The minimum atomic E-state index is 0.0220. The van der Waals surface area contributed by atoms with Gasteiger partial charge >= 0.3 is 0 Å². The van der Waals surface area contributed by atoms with Crippen molar-refractivity contribution in [1.82, 2.24) is 0 Å². The lowest BCUT2D eigenvalue weighted by Crippen LogP contribution is -2.21. The summed E-state index contributed by atoms with van der Waals surface area (Å²) in [4.78, 5) is 26.8. The van der Waals surface area contributed by atoms with Crippen molar-refractivity contribution < 1.29 is 14.8 Å². The van der Waals surface area contributed by atoms with Gasteiger partial charge in [0.1, 0.15) is 0 Å². The molecule has 0 bridgehead atoms. The molecule has 2 aliphatic heterocycles. The maximum Gasteiger partial charge on any atom is 0.224 e. The first-order chi connectivity index (χ1) is 13.1. The molecule has 0 unspecified atom stereocenters. The number of aryl methyl sites for hydroxylation is 1. The third-order valence-corrected chi connectivity index (χ3v) is 5.30. The highest BCUT2D eigenvalue weighted by atomic mass is 16.5. The van der Waals surface area contributed by atoms with Gasteiger partial charge in [-0.1, -0.05) is 12.1 Å². The number of anilines is 3. The minimum absolute atomic E-state index is 0.0220. The van der Waals surface area contributed by atoms with Crippen molar-refractivity contribution in [2.75, 3.05) is 28.8 Å². The first-order valence-electron chi connectivity index (χ1n) is 9.38. The Morgan fingerprint density at radius 2 is 1.93 bits per heavy atom. The summed E-state index contributed by atoms with van der Waals surface area (Å²) in [5.41, 5.74) is 7.05. The molecule has 0 radical (unpaired) electrons. The lowest BCUT2D eigenvalue weighted by atomic mass is 9.96. The predicted octanol–water partition coefficient (Wildman–Crippen LogP) is 3.40. The zero-order valence-corrected chi connectivity index (χ0v) is 15.1. The van der Waals surface area contributed by atoms with Gasteiger partial charge in [0.15, 0.2) is 5.78 Å². The highest BCUT2D eigenvalue weighted by molar-refractivity contribution is 6.03. The Morgan fingerprint density at radius 3 is 2.70 bits per heavy atom. The van der Waals surface area contributed by atoms with E-state index >= 15 is 0 Å². The number of nitrogens with zero attached hydrogens (tertiary/aromatic N) is 1. The Morgan fingerprint density at radius 1 is 1.11 bits per heavy atom. The van der Waals surface area contributed by atoms with Crippen LogP contribution in [0.2, 0.25) is 0 Å². The van der Waals surface area contributed by atoms with E-state index in [1.807, 2.05) is 24.3 Å². The molecule has 2 aromatic carbocycles. The minimum Gasteiger partial charge on any atom is -0.371 e. The van der Waals surface area contributed by atoms with Crippen molar-refractivity contribution in [2.45, 2.75) is 32.1 Å². The average molecular weight is 365 g/mol. The van der Waals surface area contributed by atoms with Crippen LogP contribution in [0.25, 0.3) is 0 Å². The summed E-state index contributed by atoms with van der Waals surface area (Å²) < 4.78 is 0. The number of rotatable bonds is 5. The molecule has 1 fully saturated rings. The number of ketones is 1. The number of hydrogen-bond acceptors (Lipinski definition) is 5. The number of hydrogen-bond donors (Lipinski definition) is 3. The van der Waals surface area contributed by atoms with Crippen LogP contribution in [0.1, 0.15) is 40.7 Å². The van der Waals surface area contributed by atoms with Gasteiger partial charge in [-0.25, -0.2) is 0 Å². The van der Waals surface area contributed by atoms with Gasteiger partial charge in [-0.3, -0.25) is 20.3 Å². The summed E-state index contributed by atoms with van der Waals surface area (Å²) in [6.07, 6.45) is 3.73. The van der Waals surface area contributed by atoms with E-state index < -0.39 is 0 Å². The largest absolute Gasteiger partial charge is 0.371 e. The summed E-state index contributed by atoms with van der Waals surface area (Å²) in [7, 11) is 0. The first kappa shape index (κ1) is 17.5. The van der Waals surface area contributed by atoms with Gasteiger partial charge in [-0.05, 0) is 54.7 Å². The maximum absolute atomic E-state index is 13.1. The van der Waals surface area contributed by atoms with Gasteiger partial charge in [0.05, 0.1) is 5.69 Å². The molecular formula is C21H23N3O3. The normalized spacial score (nSPS) is 16.0. The summed E-state index contributed by atoms with van der Waals surface area (Å²) in [6, 6.07) is 11.2. The quantitative estimate of drug-likeness (QED) is 0.559. The number of benzene rings is 2. The Labute approximate surface area is 158 Å². The van der Waals surface area contributed by atoms with Crippen molar-refractivity contribution in [2.24, 2.45) is 0 Å². The lowest BCUT2D eigenvalue weighted by Gasteiger charge is -2.22. The summed E-state index contributed by atoms with van der Waals surface area (Å²) in [6.45, 7) is 1.90. The van der Waals surface area contributed by atoms with E-state index in [0.717, 1.165) is 48.4 Å². The summed E-state index contributed by atoms with van der Waals surface area (Å²) in [5.74, 6) is 0.0590. The molecule has 6 nitrogen and oxygen atoms in total. The zero-order chi connectivity index (χ0) is 18.8. The SMILES string of the molecule is O=C1CCc2cc(CC(=O)c3cc(NO)ccc3N3CCCC3)ccc2N1. The number of Topliss-reactive ketones (excluding diaryl/α,β-unsaturated/α-hetero) is 1. The topological polar surface area (TPSA) is 81.7 Å². The maximum atomic E-state index is 13.1. The van der Waals surface area contributed by atoms with Gasteiger partial charge in [0.25, 0.3) is 0 Å². The highest BCUT2D eigenvalue weighted by Crippen LogP contribution is 2.29. The van der Waals surface area contributed by atoms with Crippen LogP contribution in [0.3, 0.4) is 0 Å². The molecule has 0 aromatic heterocycles. The van der Waals surface area contributed by atoms with Crippen molar-refractivity contribution >= 4 is 28.8 Å². The number of carbonyl (C=O) groups excluding carboxylic acids is 2. The molecule has 27 heavy (non-hydrogen) atoms. The molecular weight excluding hydrogens is 342 g/mol. The molecule has 2 aliphatic rings. The third kappa shape index (κ3) is 3.66. The molecule has 4 rings (SSSR count). The van der Waals surface area contributed by atoms with Crippen molar-refractivity contribution in [3.05, 3.63) is 53.1 Å². The van der Waals surface area contributed by atoms with Gasteiger partial charge in [0.2, 0.25) is 5.91 Å². The van der Waals surface area contributed by atoms with Gasteiger partial charge in [0, 0.05) is 42.9 Å². The number of carbonyl (C=O) groups is 2. The molecule has 1 saturated heterocycles. The molecule has 6 heteroatoms. The molecule has 1 amide bonds. The first-order valence-corrected chi connectivity index (χ1v) is 9.38. The monoisotopic (exact) mass is 365 g/mol. The second-order valence-corrected chi connectivity index (χ2v) is 7.18. The van der Waals surface area contributed by atoms with Crippen molar-refractivity contribution in [3.63, 3.8) is 0 Å². The van der Waals surface area contributed by atoms with Crippen LogP contribution < -0.4 is 15.7 Å². The Hall–Kier alpha value is -2.86. The molecule has 0 aliphatic carbocycles. The van der Waals surface area contributed by atoms with Crippen molar-refractivity contribution in [1.29, 1.82) is 0 Å². The standard InChI is InChI=1S/C21H23N3O3/c25-20(12-14-3-6-18-15(11-14)4-8-21(26)22-18)17-13-16(23-27)5-7-19(17)24-9-1-2-10-24/h3,5-7,11,13,23,27H,1-2,4,8-10,12H2,(H,22,26). The second kappa shape index (κ2) is 7.40. The number of nitrogens with one attached hydrogen (secondary N) is 2. The molecule has 140 valence electrons. The third-order valence-electron chi connectivity index (χ3n) is 5.30. The van der Waals surface area contributed by atoms with E-state index in [1.54, 1.807) is 12.1 Å². The van der Waals surface area contributed by atoms with Gasteiger partial charge < -0.3 is 10.2 Å². The van der Waals surface area contributed by atoms with Gasteiger partial charge in [-0.2, -0.15) is 0 Å². The predicted molar refractivity (Wildman–Crippen MR) is 105 cm³/mol. The second-order valence-electron chi connectivity index (χ2n) is 7.18. The Bertz CT molecular complexity index is 888. The van der Waals surface area contributed by atoms with Crippen LogP contribution >= 0.6 is 0 Å². The summed E-state index contributed by atoms with van der Waals surface area (Å²) in [5, 5.41) is 12.1. The van der Waals surface area contributed by atoms with E-state index in [-0.39, 0.29) is 18.1 Å². The fourth-order valence-electron chi connectivity index (χ4n) is 3.89. The van der Waals surface area contributed by atoms with Crippen LogP contribution in [0.15, 0.2) is 36.4 Å². The van der Waals surface area contributed by atoms with E-state index in [1.165, 1.54) is 0 Å². The molecule has 0 atom stereocenters. The molecule has 3 N–H and O–H groups in total. The van der Waals surface area contributed by atoms with Crippen LogP contribution in [0, 0.1) is 0 Å². The number of amides is 1. The molecule has 0 spiro atoms. The Kier molecular flexibility index (Phi) is 4.81. The number of fused-ring (bicyclic) bond motifs is 1. The smallest absolute Gasteiger partial charge is 0.224 e. The van der Waals surface area contributed by atoms with Gasteiger partial charge in [-0.15, -0.1) is 0 Å². The van der Waals surface area contributed by atoms with E-state index in [2.05, 4.69) is 15.7 Å². The van der Waals surface area contributed by atoms with Crippen molar-refractivity contribution in [3.8, 4) is 0 Å². The van der Waals surface area contributed by atoms with Crippen LogP contribution in [0.5, 0.6) is 0 Å². The van der Waals surface area contributed by atoms with Crippen LogP contribution in [-0.4, -0.2) is 30.0 Å². The Balaban J connectivity index is 1.60. The molecule has 2 aromatic rings. The summed E-state index contributed by atoms with van der Waals surface area (Å²) >= 11 is 0. The lowest BCUT2D eigenvalue weighted by molar-refractivity contribution is -0.116. The molecule has 2 heterocycles. The highest BCUT2D eigenvalue weighted by Gasteiger charge is 2.21.